The highest BCUT2D eigenvalue weighted by atomic mass is 16.3. The Bertz CT molecular complexity index is 605. The standard InChI is InChI=1S/C18H24N2O/c1-2-20(12-15-7-5-11-19-15)13-17-16-8-4-3-6-14(16)9-10-18(17)21/h3-4,6,8-10,15,19,21H,2,5,7,11-13H2,1H3. The number of fused-ring (bicyclic) bond motifs is 1. The van der Waals surface area contributed by atoms with Crippen molar-refractivity contribution in [2.24, 2.45) is 0 Å². The van der Waals surface area contributed by atoms with Crippen LogP contribution >= 0.6 is 0 Å². The van der Waals surface area contributed by atoms with Gasteiger partial charge in [-0.3, -0.25) is 4.90 Å². The fourth-order valence-electron chi connectivity index (χ4n) is 3.24. The van der Waals surface area contributed by atoms with E-state index in [1.807, 2.05) is 24.3 Å². The molecule has 0 bridgehead atoms. The summed E-state index contributed by atoms with van der Waals surface area (Å²) in [5.41, 5.74) is 1.05. The van der Waals surface area contributed by atoms with Gasteiger partial charge in [-0.05, 0) is 42.8 Å². The van der Waals surface area contributed by atoms with Crippen LogP contribution in [-0.2, 0) is 6.54 Å². The molecule has 2 aromatic carbocycles. The molecule has 2 N–H and O–H groups in total. The van der Waals surface area contributed by atoms with Crippen LogP contribution in [0, 0.1) is 0 Å². The predicted octanol–water partition coefficient (Wildman–Crippen LogP) is 3.12. The van der Waals surface area contributed by atoms with Crippen molar-refractivity contribution in [2.45, 2.75) is 32.4 Å². The zero-order chi connectivity index (χ0) is 14.7. The molecule has 21 heavy (non-hydrogen) atoms. The normalized spacial score (nSPS) is 18.7. The van der Waals surface area contributed by atoms with Crippen molar-refractivity contribution in [3.05, 3.63) is 42.0 Å². The highest BCUT2D eigenvalue weighted by molar-refractivity contribution is 5.87. The zero-order valence-corrected chi connectivity index (χ0v) is 12.7. The van der Waals surface area contributed by atoms with Gasteiger partial charge in [-0.1, -0.05) is 37.3 Å². The number of hydrogen-bond acceptors (Lipinski definition) is 3. The average Bonchev–Trinajstić information content (AvgIpc) is 3.02. The number of phenolic OH excluding ortho intramolecular Hbond substituents is 1. The quantitative estimate of drug-likeness (QED) is 0.885. The van der Waals surface area contributed by atoms with Crippen molar-refractivity contribution in [1.82, 2.24) is 10.2 Å². The summed E-state index contributed by atoms with van der Waals surface area (Å²) in [5, 5.41) is 16.2. The zero-order valence-electron chi connectivity index (χ0n) is 12.7. The minimum Gasteiger partial charge on any atom is -0.508 e. The van der Waals surface area contributed by atoms with Crippen LogP contribution in [0.4, 0.5) is 0 Å². The van der Waals surface area contributed by atoms with Crippen LogP contribution in [-0.4, -0.2) is 35.7 Å². The van der Waals surface area contributed by atoms with Gasteiger partial charge < -0.3 is 10.4 Å². The molecule has 112 valence electrons. The number of hydrogen-bond donors (Lipinski definition) is 2. The second-order valence-corrected chi connectivity index (χ2v) is 5.91. The van der Waals surface area contributed by atoms with Crippen molar-refractivity contribution in [1.29, 1.82) is 0 Å². The lowest BCUT2D eigenvalue weighted by atomic mass is 10.0. The molecule has 1 aliphatic rings. The van der Waals surface area contributed by atoms with E-state index in [1.54, 1.807) is 0 Å². The highest BCUT2D eigenvalue weighted by Crippen LogP contribution is 2.28. The second-order valence-electron chi connectivity index (χ2n) is 5.91. The van der Waals surface area contributed by atoms with Gasteiger partial charge in [0, 0.05) is 24.7 Å². The molecule has 1 unspecified atom stereocenters. The van der Waals surface area contributed by atoms with E-state index >= 15 is 0 Å². The predicted molar refractivity (Wildman–Crippen MR) is 87.6 cm³/mol. The number of rotatable bonds is 5. The molecular formula is C18H24N2O. The van der Waals surface area contributed by atoms with Crippen LogP contribution in [0.5, 0.6) is 5.75 Å². The third-order valence-electron chi connectivity index (χ3n) is 4.49. The molecule has 0 radical (unpaired) electrons. The molecule has 3 nitrogen and oxygen atoms in total. The van der Waals surface area contributed by atoms with Gasteiger partial charge in [-0.25, -0.2) is 0 Å². The monoisotopic (exact) mass is 284 g/mol. The lowest BCUT2D eigenvalue weighted by Gasteiger charge is -2.25. The Morgan fingerprint density at radius 2 is 2.10 bits per heavy atom. The lowest BCUT2D eigenvalue weighted by Crippen LogP contribution is -2.37. The molecule has 0 spiro atoms. The van der Waals surface area contributed by atoms with Gasteiger partial charge in [0.05, 0.1) is 0 Å². The van der Waals surface area contributed by atoms with Crippen LogP contribution in [0.3, 0.4) is 0 Å². The van der Waals surface area contributed by atoms with Crippen LogP contribution in [0.15, 0.2) is 36.4 Å². The summed E-state index contributed by atoms with van der Waals surface area (Å²) in [7, 11) is 0. The van der Waals surface area contributed by atoms with E-state index in [2.05, 4.69) is 29.3 Å². The number of likely N-dealkylation sites (N-methyl/N-ethyl adjacent to an activating group) is 1. The van der Waals surface area contributed by atoms with Crippen molar-refractivity contribution in [3.63, 3.8) is 0 Å². The van der Waals surface area contributed by atoms with E-state index in [0.717, 1.165) is 37.1 Å². The maximum atomic E-state index is 10.3. The van der Waals surface area contributed by atoms with Crippen LogP contribution in [0.25, 0.3) is 10.8 Å². The van der Waals surface area contributed by atoms with E-state index in [0.29, 0.717) is 11.8 Å². The summed E-state index contributed by atoms with van der Waals surface area (Å²) in [6.07, 6.45) is 2.54. The lowest BCUT2D eigenvalue weighted by molar-refractivity contribution is 0.251. The van der Waals surface area contributed by atoms with Crippen molar-refractivity contribution in [3.8, 4) is 5.75 Å². The molecule has 0 saturated carbocycles. The number of benzene rings is 2. The fourth-order valence-corrected chi connectivity index (χ4v) is 3.24. The molecule has 1 saturated heterocycles. The maximum absolute atomic E-state index is 10.3. The van der Waals surface area contributed by atoms with Crippen LogP contribution in [0.1, 0.15) is 25.3 Å². The molecule has 3 heteroatoms. The average molecular weight is 284 g/mol. The smallest absolute Gasteiger partial charge is 0.120 e. The van der Waals surface area contributed by atoms with Gasteiger partial charge >= 0.3 is 0 Å². The van der Waals surface area contributed by atoms with E-state index in [9.17, 15) is 5.11 Å². The molecule has 1 aliphatic heterocycles. The molecule has 0 amide bonds. The molecule has 2 aromatic rings. The third kappa shape index (κ3) is 3.20. The molecule has 1 atom stereocenters. The van der Waals surface area contributed by atoms with Gasteiger partial charge in [0.1, 0.15) is 5.75 Å². The summed E-state index contributed by atoms with van der Waals surface area (Å²) >= 11 is 0. The van der Waals surface area contributed by atoms with Gasteiger partial charge in [-0.15, -0.1) is 0 Å². The number of aromatic hydroxyl groups is 1. The second kappa shape index (κ2) is 6.46. The summed E-state index contributed by atoms with van der Waals surface area (Å²) < 4.78 is 0. The minimum atomic E-state index is 0.409. The SMILES string of the molecule is CCN(Cc1c(O)ccc2ccccc12)CC1CCCN1. The first-order valence-corrected chi connectivity index (χ1v) is 7.93. The first kappa shape index (κ1) is 14.4. The first-order chi connectivity index (χ1) is 10.3. The maximum Gasteiger partial charge on any atom is 0.120 e. The van der Waals surface area contributed by atoms with Crippen molar-refractivity contribution >= 4 is 10.8 Å². The van der Waals surface area contributed by atoms with E-state index < -0.39 is 0 Å². The Morgan fingerprint density at radius 1 is 1.24 bits per heavy atom. The van der Waals surface area contributed by atoms with Gasteiger partial charge in [-0.2, -0.15) is 0 Å². The Hall–Kier alpha value is -1.58. The fraction of sp³-hybridized carbons (Fsp3) is 0.444. The summed E-state index contributed by atoms with van der Waals surface area (Å²) in [6.45, 7) is 6.20. The first-order valence-electron chi connectivity index (χ1n) is 7.93. The molecule has 1 heterocycles. The van der Waals surface area contributed by atoms with Crippen molar-refractivity contribution in [2.75, 3.05) is 19.6 Å². The van der Waals surface area contributed by atoms with Crippen LogP contribution < -0.4 is 5.32 Å². The number of nitrogens with zero attached hydrogens (tertiary/aromatic N) is 1. The summed E-state index contributed by atoms with van der Waals surface area (Å²) in [6, 6.07) is 12.7. The Balaban J connectivity index is 1.83. The van der Waals surface area contributed by atoms with Gasteiger partial charge in [0.15, 0.2) is 0 Å². The summed E-state index contributed by atoms with van der Waals surface area (Å²) in [4.78, 5) is 2.42. The van der Waals surface area contributed by atoms with E-state index in [4.69, 9.17) is 0 Å². The topological polar surface area (TPSA) is 35.5 Å². The number of phenols is 1. The minimum absolute atomic E-state index is 0.409. The van der Waals surface area contributed by atoms with Crippen LogP contribution in [0.2, 0.25) is 0 Å². The largest absolute Gasteiger partial charge is 0.508 e. The number of nitrogens with one attached hydrogen (secondary N) is 1. The van der Waals surface area contributed by atoms with Gasteiger partial charge in [0.25, 0.3) is 0 Å². The van der Waals surface area contributed by atoms with Gasteiger partial charge in [0.2, 0.25) is 0 Å². The van der Waals surface area contributed by atoms with E-state index in [-0.39, 0.29) is 0 Å². The molecule has 0 aliphatic carbocycles. The molecule has 0 aromatic heterocycles. The van der Waals surface area contributed by atoms with E-state index in [1.165, 1.54) is 18.2 Å². The molecule has 1 fully saturated rings. The third-order valence-corrected chi connectivity index (χ3v) is 4.49. The Kier molecular flexibility index (Phi) is 4.42. The Labute approximate surface area is 126 Å². The summed E-state index contributed by atoms with van der Waals surface area (Å²) in [5.74, 6) is 0.409. The van der Waals surface area contributed by atoms with Crippen molar-refractivity contribution < 1.29 is 5.11 Å². The molecule has 3 rings (SSSR count). The highest BCUT2D eigenvalue weighted by Gasteiger charge is 2.18. The molecular weight excluding hydrogens is 260 g/mol. The Morgan fingerprint density at radius 3 is 2.86 bits per heavy atom.